The van der Waals surface area contributed by atoms with Crippen molar-refractivity contribution >= 4 is 23.3 Å². The highest BCUT2D eigenvalue weighted by Gasteiger charge is 2.16. The van der Waals surface area contributed by atoms with E-state index < -0.39 is 12.1 Å². The Kier molecular flexibility index (Phi) is 4.76. The van der Waals surface area contributed by atoms with E-state index in [0.29, 0.717) is 16.3 Å². The summed E-state index contributed by atoms with van der Waals surface area (Å²) in [5, 5.41) is 20.9. The number of hydrogen-bond donors (Lipinski definition) is 2. The van der Waals surface area contributed by atoms with Gasteiger partial charge >= 0.3 is 5.97 Å². The van der Waals surface area contributed by atoms with Gasteiger partial charge in [-0.1, -0.05) is 11.6 Å². The molecule has 0 bridgehead atoms. The molecule has 2 N–H and O–H groups in total. The van der Waals surface area contributed by atoms with E-state index in [1.807, 2.05) is 6.07 Å². The first-order valence-corrected chi connectivity index (χ1v) is 5.15. The van der Waals surface area contributed by atoms with Crippen LogP contribution in [-0.4, -0.2) is 30.8 Å². The number of methoxy groups -OCH3 is 1. The van der Waals surface area contributed by atoms with Crippen LogP contribution in [0, 0.1) is 11.3 Å². The van der Waals surface area contributed by atoms with Gasteiger partial charge in [-0.3, -0.25) is 0 Å². The SMILES string of the molecule is COC(CNc1ccc(Cl)cc1C#N)C(=O)O. The highest BCUT2D eigenvalue weighted by atomic mass is 35.5. The molecule has 6 heteroatoms. The third-order valence-corrected chi connectivity index (χ3v) is 2.38. The first-order valence-electron chi connectivity index (χ1n) is 4.77. The molecule has 0 aliphatic carbocycles. The predicted octanol–water partition coefficient (Wildman–Crippen LogP) is 1.72. The van der Waals surface area contributed by atoms with E-state index in [1.54, 1.807) is 12.1 Å². The Bertz CT molecular complexity index is 457. The summed E-state index contributed by atoms with van der Waals surface area (Å²) in [5.74, 6) is -1.06. The van der Waals surface area contributed by atoms with Crippen molar-refractivity contribution < 1.29 is 14.6 Å². The highest BCUT2D eigenvalue weighted by Crippen LogP contribution is 2.19. The standard InChI is InChI=1S/C11H11ClN2O3/c1-17-10(11(15)16)6-14-9-3-2-8(12)4-7(9)5-13/h2-4,10,14H,6H2,1H3,(H,15,16). The largest absolute Gasteiger partial charge is 0.479 e. The Labute approximate surface area is 104 Å². The highest BCUT2D eigenvalue weighted by molar-refractivity contribution is 6.30. The van der Waals surface area contributed by atoms with Gasteiger partial charge in [0.15, 0.2) is 6.10 Å². The Morgan fingerprint density at radius 2 is 2.41 bits per heavy atom. The summed E-state index contributed by atoms with van der Waals surface area (Å²) in [6.45, 7) is 0.0716. The molecule has 0 spiro atoms. The number of halogens is 1. The van der Waals surface area contributed by atoms with Crippen molar-refractivity contribution in [3.63, 3.8) is 0 Å². The second-order valence-electron chi connectivity index (χ2n) is 3.25. The summed E-state index contributed by atoms with van der Waals surface area (Å²) >= 11 is 5.74. The average molecular weight is 255 g/mol. The molecule has 0 amide bonds. The van der Waals surface area contributed by atoms with Crippen molar-refractivity contribution in [1.82, 2.24) is 0 Å². The van der Waals surface area contributed by atoms with Gasteiger partial charge in [0, 0.05) is 12.1 Å². The van der Waals surface area contributed by atoms with Crippen LogP contribution in [0.5, 0.6) is 0 Å². The fourth-order valence-electron chi connectivity index (χ4n) is 1.24. The molecule has 1 rings (SSSR count). The Balaban J connectivity index is 2.76. The second-order valence-corrected chi connectivity index (χ2v) is 3.68. The van der Waals surface area contributed by atoms with Gasteiger partial charge in [0.05, 0.1) is 17.8 Å². The van der Waals surface area contributed by atoms with Gasteiger partial charge in [-0.25, -0.2) is 4.79 Å². The van der Waals surface area contributed by atoms with Crippen LogP contribution in [0.4, 0.5) is 5.69 Å². The first kappa shape index (κ1) is 13.3. The lowest BCUT2D eigenvalue weighted by Crippen LogP contribution is -2.30. The number of carboxylic acid groups (broad SMARTS) is 1. The summed E-state index contributed by atoms with van der Waals surface area (Å²) in [6, 6.07) is 6.72. The first-order chi connectivity index (χ1) is 8.08. The average Bonchev–Trinajstić information content (AvgIpc) is 2.31. The zero-order chi connectivity index (χ0) is 12.8. The van der Waals surface area contributed by atoms with Crippen molar-refractivity contribution in [3.8, 4) is 6.07 Å². The minimum atomic E-state index is -1.06. The molecule has 0 radical (unpaired) electrons. The van der Waals surface area contributed by atoms with Gasteiger partial charge in [-0.2, -0.15) is 5.26 Å². The molecule has 1 atom stereocenters. The van der Waals surface area contributed by atoms with Crippen molar-refractivity contribution in [3.05, 3.63) is 28.8 Å². The fraction of sp³-hybridized carbons (Fsp3) is 0.273. The zero-order valence-electron chi connectivity index (χ0n) is 9.11. The minimum Gasteiger partial charge on any atom is -0.479 e. The summed E-state index contributed by atoms with van der Waals surface area (Å²) < 4.78 is 4.76. The molecule has 5 nitrogen and oxygen atoms in total. The molecule has 0 aliphatic heterocycles. The molecular formula is C11H11ClN2O3. The van der Waals surface area contributed by atoms with Gasteiger partial charge in [0.25, 0.3) is 0 Å². The second kappa shape index (κ2) is 6.09. The number of ether oxygens (including phenoxy) is 1. The van der Waals surface area contributed by atoms with Crippen LogP contribution in [0.2, 0.25) is 5.02 Å². The smallest absolute Gasteiger partial charge is 0.334 e. The maximum absolute atomic E-state index is 10.7. The Morgan fingerprint density at radius 3 is 2.94 bits per heavy atom. The summed E-state index contributed by atoms with van der Waals surface area (Å²) in [4.78, 5) is 10.7. The lowest BCUT2D eigenvalue weighted by Gasteiger charge is -2.13. The number of nitrogens with zero attached hydrogens (tertiary/aromatic N) is 1. The van der Waals surface area contributed by atoms with Crippen LogP contribution in [0.1, 0.15) is 5.56 Å². The number of hydrogen-bond acceptors (Lipinski definition) is 4. The molecule has 1 aromatic carbocycles. The number of nitrogens with one attached hydrogen (secondary N) is 1. The quantitative estimate of drug-likeness (QED) is 0.836. The molecule has 0 saturated heterocycles. The van der Waals surface area contributed by atoms with E-state index in [4.69, 9.17) is 26.7 Å². The van der Waals surface area contributed by atoms with E-state index in [1.165, 1.54) is 13.2 Å². The summed E-state index contributed by atoms with van der Waals surface area (Å²) in [5.41, 5.74) is 0.887. The topological polar surface area (TPSA) is 82.3 Å². The Hall–Kier alpha value is -1.77. The van der Waals surface area contributed by atoms with E-state index in [2.05, 4.69) is 5.32 Å². The fourth-order valence-corrected chi connectivity index (χ4v) is 1.41. The van der Waals surface area contributed by atoms with Crippen LogP contribution in [0.25, 0.3) is 0 Å². The molecule has 0 fully saturated rings. The lowest BCUT2D eigenvalue weighted by atomic mass is 10.2. The predicted molar refractivity (Wildman–Crippen MR) is 63.1 cm³/mol. The maximum atomic E-state index is 10.7. The van der Waals surface area contributed by atoms with E-state index in [9.17, 15) is 4.79 Å². The number of rotatable bonds is 5. The van der Waals surface area contributed by atoms with Crippen LogP contribution >= 0.6 is 11.6 Å². The maximum Gasteiger partial charge on any atom is 0.334 e. The molecule has 0 aliphatic rings. The van der Waals surface area contributed by atoms with E-state index >= 15 is 0 Å². The van der Waals surface area contributed by atoms with Crippen LogP contribution < -0.4 is 5.32 Å². The molecule has 17 heavy (non-hydrogen) atoms. The minimum absolute atomic E-state index is 0.0716. The third-order valence-electron chi connectivity index (χ3n) is 2.14. The number of carboxylic acids is 1. The number of carbonyl (C=O) groups is 1. The molecule has 0 aromatic heterocycles. The summed E-state index contributed by atoms with van der Waals surface area (Å²) in [6.07, 6.45) is -0.961. The van der Waals surface area contributed by atoms with Gasteiger partial charge in [-0.15, -0.1) is 0 Å². The van der Waals surface area contributed by atoms with Crippen molar-refractivity contribution in [2.45, 2.75) is 6.10 Å². The normalized spacial score (nSPS) is 11.6. The van der Waals surface area contributed by atoms with Gasteiger partial charge in [0.1, 0.15) is 6.07 Å². The molecule has 1 aromatic rings. The van der Waals surface area contributed by atoms with Gasteiger partial charge in [-0.05, 0) is 18.2 Å². The molecule has 90 valence electrons. The number of benzene rings is 1. The lowest BCUT2D eigenvalue weighted by molar-refractivity contribution is -0.147. The van der Waals surface area contributed by atoms with Crippen LogP contribution in [0.15, 0.2) is 18.2 Å². The van der Waals surface area contributed by atoms with Crippen molar-refractivity contribution in [2.75, 3.05) is 19.0 Å². The van der Waals surface area contributed by atoms with Crippen molar-refractivity contribution in [1.29, 1.82) is 5.26 Å². The molecule has 0 saturated carbocycles. The Morgan fingerprint density at radius 1 is 1.71 bits per heavy atom. The number of aliphatic carboxylic acids is 1. The number of anilines is 1. The van der Waals surface area contributed by atoms with Crippen LogP contribution in [-0.2, 0) is 9.53 Å². The summed E-state index contributed by atoms with van der Waals surface area (Å²) in [7, 11) is 1.31. The van der Waals surface area contributed by atoms with E-state index in [-0.39, 0.29) is 6.54 Å². The molecule has 1 unspecified atom stereocenters. The van der Waals surface area contributed by atoms with E-state index in [0.717, 1.165) is 0 Å². The van der Waals surface area contributed by atoms with Crippen LogP contribution in [0.3, 0.4) is 0 Å². The van der Waals surface area contributed by atoms with Gasteiger partial charge < -0.3 is 15.2 Å². The number of nitriles is 1. The zero-order valence-corrected chi connectivity index (χ0v) is 9.86. The monoisotopic (exact) mass is 254 g/mol. The third kappa shape index (κ3) is 3.63. The molecule has 0 heterocycles. The van der Waals surface area contributed by atoms with Crippen molar-refractivity contribution in [2.24, 2.45) is 0 Å². The van der Waals surface area contributed by atoms with Gasteiger partial charge in [0.2, 0.25) is 0 Å². The molecular weight excluding hydrogens is 244 g/mol.